The Morgan fingerprint density at radius 2 is 2.03 bits per heavy atom. The van der Waals surface area contributed by atoms with Gasteiger partial charge in [0.05, 0.1) is 6.07 Å². The van der Waals surface area contributed by atoms with Gasteiger partial charge < -0.3 is 10.6 Å². The third kappa shape index (κ3) is 4.43. The molecule has 2 bridgehead atoms. The summed E-state index contributed by atoms with van der Waals surface area (Å²) < 4.78 is 1.87. The van der Waals surface area contributed by atoms with Crippen LogP contribution in [0.15, 0.2) is 30.9 Å². The number of nitrogens with zero attached hydrogens (tertiary/aromatic N) is 7. The number of H-pyrrole nitrogens is 1. The number of nitriles is 1. The molecule has 0 aromatic carbocycles. The highest BCUT2D eigenvalue weighted by molar-refractivity contribution is 5.56. The normalized spacial score (nSPS) is 22.9. The molecule has 2 fully saturated rings. The van der Waals surface area contributed by atoms with E-state index in [1.54, 1.807) is 12.5 Å². The Bertz CT molecular complexity index is 1070. The van der Waals surface area contributed by atoms with E-state index in [-0.39, 0.29) is 0 Å². The largest absolute Gasteiger partial charge is 0.351 e. The highest BCUT2D eigenvalue weighted by atomic mass is 15.3. The number of nitrogens with one attached hydrogen (secondary N) is 3. The van der Waals surface area contributed by atoms with E-state index in [9.17, 15) is 0 Å². The Balaban J connectivity index is 1.36. The summed E-state index contributed by atoms with van der Waals surface area (Å²) in [6.45, 7) is 2.84. The van der Waals surface area contributed by atoms with E-state index in [0.29, 0.717) is 42.1 Å². The lowest BCUT2D eigenvalue weighted by Gasteiger charge is -2.48. The maximum Gasteiger partial charge on any atom is 0.226 e. The van der Waals surface area contributed by atoms with E-state index < -0.39 is 0 Å². The van der Waals surface area contributed by atoms with Crippen LogP contribution >= 0.6 is 0 Å². The Morgan fingerprint density at radius 1 is 1.19 bits per heavy atom. The van der Waals surface area contributed by atoms with Crippen LogP contribution in [0.1, 0.15) is 44.2 Å². The first kappa shape index (κ1) is 20.5. The van der Waals surface area contributed by atoms with Gasteiger partial charge in [-0.2, -0.15) is 20.3 Å². The number of anilines is 3. The van der Waals surface area contributed by atoms with E-state index in [4.69, 9.17) is 15.2 Å². The summed E-state index contributed by atoms with van der Waals surface area (Å²) >= 11 is 0. The third-order valence-electron chi connectivity index (χ3n) is 6.38. The highest BCUT2D eigenvalue weighted by Crippen LogP contribution is 2.35. The first-order chi connectivity index (χ1) is 15.7. The molecule has 2 aliphatic rings. The molecule has 0 amide bonds. The van der Waals surface area contributed by atoms with Crippen molar-refractivity contribution in [1.29, 1.82) is 5.26 Å². The SMILES string of the molecule is Cc1cc(Nc2cc(-n3ccnc3)nc(NC3C[C@H]4CCC[C@@H](C3)N4CCC#N)n2)n[nH]1. The van der Waals surface area contributed by atoms with E-state index in [0.717, 1.165) is 30.9 Å². The third-order valence-corrected chi connectivity index (χ3v) is 6.38. The fraction of sp³-hybridized carbons (Fsp3) is 0.500. The summed E-state index contributed by atoms with van der Waals surface area (Å²) in [5.41, 5.74) is 0.976. The molecular weight excluding hydrogens is 404 g/mol. The Morgan fingerprint density at radius 3 is 2.72 bits per heavy atom. The molecule has 2 aliphatic heterocycles. The number of hydrogen-bond donors (Lipinski definition) is 3. The van der Waals surface area contributed by atoms with Crippen molar-refractivity contribution >= 4 is 17.6 Å². The zero-order valence-corrected chi connectivity index (χ0v) is 18.2. The molecule has 166 valence electrons. The molecule has 5 heterocycles. The number of imidazole rings is 1. The first-order valence-electron chi connectivity index (χ1n) is 11.2. The Labute approximate surface area is 187 Å². The Hall–Kier alpha value is -3.45. The van der Waals surface area contributed by atoms with Crippen molar-refractivity contribution in [2.75, 3.05) is 17.2 Å². The van der Waals surface area contributed by atoms with Gasteiger partial charge in [0, 0.05) is 61.3 Å². The molecule has 3 aromatic heterocycles. The van der Waals surface area contributed by atoms with Gasteiger partial charge in [-0.3, -0.25) is 14.6 Å². The first-order valence-corrected chi connectivity index (χ1v) is 11.2. The fourth-order valence-electron chi connectivity index (χ4n) is 5.03. The predicted molar refractivity (Wildman–Crippen MR) is 121 cm³/mol. The van der Waals surface area contributed by atoms with Gasteiger partial charge in [0.15, 0.2) is 5.82 Å². The van der Waals surface area contributed by atoms with Gasteiger partial charge in [-0.1, -0.05) is 6.42 Å². The van der Waals surface area contributed by atoms with Crippen LogP contribution < -0.4 is 10.6 Å². The smallest absolute Gasteiger partial charge is 0.226 e. The average Bonchev–Trinajstić information content (AvgIpc) is 3.44. The molecule has 5 rings (SSSR count). The van der Waals surface area contributed by atoms with Crippen LogP contribution in [-0.4, -0.2) is 59.3 Å². The summed E-state index contributed by atoms with van der Waals surface area (Å²) in [7, 11) is 0. The van der Waals surface area contributed by atoms with Gasteiger partial charge in [0.25, 0.3) is 0 Å². The molecule has 3 aromatic rings. The summed E-state index contributed by atoms with van der Waals surface area (Å²) in [5, 5.41) is 23.1. The maximum absolute atomic E-state index is 9.02. The van der Waals surface area contributed by atoms with Crippen LogP contribution in [0.3, 0.4) is 0 Å². The van der Waals surface area contributed by atoms with Gasteiger partial charge in [0.2, 0.25) is 5.95 Å². The number of aromatic amines is 1. The van der Waals surface area contributed by atoms with Crippen LogP contribution in [0.2, 0.25) is 0 Å². The molecule has 10 heteroatoms. The summed E-state index contributed by atoms with van der Waals surface area (Å²) in [6.07, 6.45) is 11.7. The van der Waals surface area contributed by atoms with Crippen LogP contribution in [0.5, 0.6) is 0 Å². The van der Waals surface area contributed by atoms with Crippen LogP contribution in [-0.2, 0) is 0 Å². The van der Waals surface area contributed by atoms with Crippen LogP contribution in [0.4, 0.5) is 17.6 Å². The zero-order chi connectivity index (χ0) is 21.9. The number of fused-ring (bicyclic) bond motifs is 2. The van der Waals surface area contributed by atoms with Crippen LogP contribution in [0, 0.1) is 18.3 Å². The van der Waals surface area contributed by atoms with Crippen LogP contribution in [0.25, 0.3) is 5.82 Å². The number of aromatic nitrogens is 6. The topological polar surface area (TPSA) is 123 Å². The van der Waals surface area contributed by atoms with Crippen molar-refractivity contribution in [1.82, 2.24) is 34.6 Å². The molecule has 1 unspecified atom stereocenters. The van der Waals surface area contributed by atoms with Crippen molar-refractivity contribution < 1.29 is 0 Å². The number of aryl methyl sites for hydroxylation is 1. The monoisotopic (exact) mass is 432 g/mol. The summed E-state index contributed by atoms with van der Waals surface area (Å²) in [5.74, 6) is 2.72. The molecule has 2 saturated heterocycles. The molecule has 0 aliphatic carbocycles. The molecule has 0 saturated carbocycles. The second-order valence-electron chi connectivity index (χ2n) is 8.66. The number of hydrogen-bond acceptors (Lipinski definition) is 8. The fourth-order valence-corrected chi connectivity index (χ4v) is 5.03. The maximum atomic E-state index is 9.02. The molecular formula is C22H28N10. The van der Waals surface area contributed by atoms with Gasteiger partial charge in [-0.05, 0) is 32.6 Å². The van der Waals surface area contributed by atoms with Crippen molar-refractivity contribution in [2.24, 2.45) is 0 Å². The Kier molecular flexibility index (Phi) is 5.73. The lowest BCUT2D eigenvalue weighted by molar-refractivity contribution is 0.0369. The van der Waals surface area contributed by atoms with E-state index in [1.807, 2.05) is 29.8 Å². The van der Waals surface area contributed by atoms with Crippen molar-refractivity contribution in [3.05, 3.63) is 36.5 Å². The highest BCUT2D eigenvalue weighted by Gasteiger charge is 2.38. The number of piperidine rings is 2. The van der Waals surface area contributed by atoms with E-state index in [1.165, 1.54) is 19.3 Å². The van der Waals surface area contributed by atoms with Gasteiger partial charge >= 0.3 is 0 Å². The predicted octanol–water partition coefficient (Wildman–Crippen LogP) is 3.15. The minimum absolute atomic E-state index is 0.308. The minimum Gasteiger partial charge on any atom is -0.351 e. The quantitative estimate of drug-likeness (QED) is 0.520. The van der Waals surface area contributed by atoms with E-state index in [2.05, 4.69) is 36.8 Å². The van der Waals surface area contributed by atoms with E-state index >= 15 is 0 Å². The zero-order valence-electron chi connectivity index (χ0n) is 18.2. The van der Waals surface area contributed by atoms with Crippen molar-refractivity contribution in [3.63, 3.8) is 0 Å². The molecule has 10 nitrogen and oxygen atoms in total. The second kappa shape index (κ2) is 8.96. The molecule has 3 N–H and O–H groups in total. The minimum atomic E-state index is 0.308. The standard InChI is InChI=1S/C22H28N10/c1-15-10-20(30-29-15)26-19-13-21(31-9-7-24-14-31)28-22(27-19)25-16-11-17-4-2-5-18(12-16)32(17)8-3-6-23/h7,9-10,13-14,16-18H,2-5,8,11-12H2,1H3,(H3,25,26,27,28,29,30)/t16?,17-,18+. The average molecular weight is 433 g/mol. The molecule has 0 spiro atoms. The molecule has 32 heavy (non-hydrogen) atoms. The van der Waals surface area contributed by atoms with Crippen molar-refractivity contribution in [2.45, 2.75) is 63.6 Å². The second-order valence-corrected chi connectivity index (χ2v) is 8.66. The lowest BCUT2D eigenvalue weighted by atomic mass is 9.81. The summed E-state index contributed by atoms with van der Waals surface area (Å²) in [6, 6.07) is 7.48. The van der Waals surface area contributed by atoms with Crippen molar-refractivity contribution in [3.8, 4) is 11.9 Å². The summed E-state index contributed by atoms with van der Waals surface area (Å²) in [4.78, 5) is 16.2. The van der Waals surface area contributed by atoms with Gasteiger partial charge in [0.1, 0.15) is 18.0 Å². The molecule has 3 atom stereocenters. The molecule has 0 radical (unpaired) electrons. The lowest BCUT2D eigenvalue weighted by Crippen LogP contribution is -2.55. The number of rotatable bonds is 7. The van der Waals surface area contributed by atoms with Gasteiger partial charge in [-0.15, -0.1) is 0 Å². The van der Waals surface area contributed by atoms with Gasteiger partial charge in [-0.25, -0.2) is 4.98 Å².